The maximum atomic E-state index is 12.2. The largest absolute Gasteiger partial charge is 0.534 e. The van der Waals surface area contributed by atoms with Gasteiger partial charge in [0.1, 0.15) is 16.5 Å². The van der Waals surface area contributed by atoms with Gasteiger partial charge >= 0.3 is 15.6 Å². The molecular formula is C9H8BrF3N2O4S. The van der Waals surface area contributed by atoms with Crippen molar-refractivity contribution in [1.29, 1.82) is 0 Å². The molecule has 1 aliphatic rings. The van der Waals surface area contributed by atoms with Crippen molar-refractivity contribution in [3.63, 3.8) is 0 Å². The summed E-state index contributed by atoms with van der Waals surface area (Å²) in [6.45, 7) is 1.18. The van der Waals surface area contributed by atoms with Crippen LogP contribution in [-0.2, 0) is 10.1 Å². The molecule has 1 aliphatic heterocycles. The highest BCUT2D eigenvalue weighted by Gasteiger charge is 2.48. The van der Waals surface area contributed by atoms with Gasteiger partial charge in [0.05, 0.1) is 6.20 Å². The molecule has 20 heavy (non-hydrogen) atoms. The quantitative estimate of drug-likeness (QED) is 0.486. The fourth-order valence-electron chi connectivity index (χ4n) is 1.24. The number of ether oxygens (including phenoxy) is 1. The van der Waals surface area contributed by atoms with Crippen LogP contribution in [0.2, 0.25) is 0 Å². The number of alkyl halides is 3. The van der Waals surface area contributed by atoms with Crippen LogP contribution in [0.3, 0.4) is 0 Å². The molecule has 1 N–H and O–H groups in total. The van der Waals surface area contributed by atoms with Crippen LogP contribution < -0.4 is 14.2 Å². The summed E-state index contributed by atoms with van der Waals surface area (Å²) in [5.41, 5.74) is -5.51. The number of hydrogen-bond donors (Lipinski definition) is 1. The Balaban J connectivity index is 2.20. The second kappa shape index (κ2) is 5.37. The summed E-state index contributed by atoms with van der Waals surface area (Å²) in [6.07, 6.45) is 1.11. The highest BCUT2D eigenvalue weighted by molar-refractivity contribution is 9.10. The van der Waals surface area contributed by atoms with E-state index in [1.807, 2.05) is 0 Å². The molecule has 0 amide bonds. The summed E-state index contributed by atoms with van der Waals surface area (Å²) >= 11 is 2.81. The van der Waals surface area contributed by atoms with E-state index in [1.165, 1.54) is 6.20 Å². The van der Waals surface area contributed by atoms with Gasteiger partial charge in [0, 0.05) is 19.2 Å². The van der Waals surface area contributed by atoms with Gasteiger partial charge in [0.2, 0.25) is 0 Å². The van der Waals surface area contributed by atoms with Gasteiger partial charge in [-0.05, 0) is 15.9 Å². The fraction of sp³-hybridized carbons (Fsp3) is 0.444. The maximum Gasteiger partial charge on any atom is 0.534 e. The summed E-state index contributed by atoms with van der Waals surface area (Å²) in [5, 5.41) is 2.94. The lowest BCUT2D eigenvalue weighted by Gasteiger charge is -2.27. The standard InChI is InChI=1S/C9H8BrF3N2O4S/c10-8-7(19-20(16,17)9(11,12)13)1-5(4-15-8)18-6-2-14-3-6/h1,4,6,14H,2-3H2. The molecule has 0 spiro atoms. The number of aromatic nitrogens is 1. The Hall–Kier alpha value is -1.07. The first-order valence-corrected chi connectivity index (χ1v) is 7.43. The summed E-state index contributed by atoms with van der Waals surface area (Å²) in [5.74, 6) is -0.473. The van der Waals surface area contributed by atoms with Gasteiger partial charge < -0.3 is 14.2 Å². The van der Waals surface area contributed by atoms with Crippen molar-refractivity contribution in [2.24, 2.45) is 0 Å². The van der Waals surface area contributed by atoms with Crippen LogP contribution in [0.1, 0.15) is 0 Å². The number of nitrogens with zero attached hydrogens (tertiary/aromatic N) is 1. The van der Waals surface area contributed by atoms with E-state index < -0.39 is 21.4 Å². The first-order valence-electron chi connectivity index (χ1n) is 5.23. The predicted octanol–water partition coefficient (Wildman–Crippen LogP) is 1.42. The maximum absolute atomic E-state index is 12.2. The molecule has 0 radical (unpaired) electrons. The van der Waals surface area contributed by atoms with Gasteiger partial charge in [-0.25, -0.2) is 4.98 Å². The Kier molecular flexibility index (Phi) is 4.12. The van der Waals surface area contributed by atoms with E-state index in [0.29, 0.717) is 13.1 Å². The third kappa shape index (κ3) is 3.33. The SMILES string of the molecule is O=S(=O)(Oc1cc(OC2CNC2)cnc1Br)C(F)(F)F. The van der Waals surface area contributed by atoms with Crippen molar-refractivity contribution < 1.29 is 30.5 Å². The van der Waals surface area contributed by atoms with Crippen molar-refractivity contribution in [1.82, 2.24) is 10.3 Å². The molecule has 0 atom stereocenters. The van der Waals surface area contributed by atoms with Crippen molar-refractivity contribution >= 4 is 26.0 Å². The minimum Gasteiger partial charge on any atom is -0.486 e. The van der Waals surface area contributed by atoms with Crippen LogP contribution in [0.5, 0.6) is 11.5 Å². The molecule has 2 heterocycles. The van der Waals surface area contributed by atoms with Gasteiger partial charge in [-0.2, -0.15) is 21.6 Å². The number of halogens is 4. The first kappa shape index (κ1) is 15.3. The van der Waals surface area contributed by atoms with Gasteiger partial charge in [-0.1, -0.05) is 0 Å². The lowest BCUT2D eigenvalue weighted by Crippen LogP contribution is -2.50. The third-order valence-electron chi connectivity index (χ3n) is 2.31. The summed E-state index contributed by atoms with van der Waals surface area (Å²) in [4.78, 5) is 3.67. The number of nitrogens with one attached hydrogen (secondary N) is 1. The smallest absolute Gasteiger partial charge is 0.486 e. The van der Waals surface area contributed by atoms with Crippen LogP contribution in [0, 0.1) is 0 Å². The summed E-state index contributed by atoms with van der Waals surface area (Å²) in [7, 11) is -5.75. The molecule has 1 saturated heterocycles. The van der Waals surface area contributed by atoms with Gasteiger partial charge in [-0.15, -0.1) is 0 Å². The van der Waals surface area contributed by atoms with Crippen molar-refractivity contribution in [2.75, 3.05) is 13.1 Å². The highest BCUT2D eigenvalue weighted by atomic mass is 79.9. The van der Waals surface area contributed by atoms with Crippen LogP contribution in [-0.4, -0.2) is 38.1 Å². The van der Waals surface area contributed by atoms with E-state index in [0.717, 1.165) is 6.07 Å². The summed E-state index contributed by atoms with van der Waals surface area (Å²) in [6, 6.07) is 1.03. The van der Waals surface area contributed by atoms with Crippen LogP contribution in [0.4, 0.5) is 13.2 Å². The molecule has 1 aromatic heterocycles. The third-order valence-corrected chi connectivity index (χ3v) is 3.87. The monoisotopic (exact) mass is 376 g/mol. The molecular weight excluding hydrogens is 369 g/mol. The average Bonchev–Trinajstić information content (AvgIpc) is 2.26. The summed E-state index contributed by atoms with van der Waals surface area (Å²) < 4.78 is 67.7. The van der Waals surface area contributed by atoms with Crippen molar-refractivity contribution in [2.45, 2.75) is 11.6 Å². The van der Waals surface area contributed by atoms with Gasteiger partial charge in [-0.3, -0.25) is 0 Å². The molecule has 0 aromatic carbocycles. The lowest BCUT2D eigenvalue weighted by atomic mass is 10.2. The minimum absolute atomic E-state index is 0.118. The second-order valence-corrected chi connectivity index (χ2v) is 6.13. The van der Waals surface area contributed by atoms with Crippen LogP contribution in [0.15, 0.2) is 16.9 Å². The molecule has 0 unspecified atom stereocenters. The van der Waals surface area contributed by atoms with E-state index in [9.17, 15) is 21.6 Å². The number of hydrogen-bond acceptors (Lipinski definition) is 6. The average molecular weight is 377 g/mol. The predicted molar refractivity (Wildman–Crippen MR) is 64.8 cm³/mol. The van der Waals surface area contributed by atoms with Gasteiger partial charge in [0.15, 0.2) is 5.75 Å². The van der Waals surface area contributed by atoms with E-state index in [4.69, 9.17) is 4.74 Å². The molecule has 11 heteroatoms. The van der Waals surface area contributed by atoms with E-state index in [1.54, 1.807) is 0 Å². The molecule has 112 valence electrons. The molecule has 1 aromatic rings. The van der Waals surface area contributed by atoms with Crippen molar-refractivity contribution in [3.05, 3.63) is 16.9 Å². The Morgan fingerprint density at radius 1 is 1.40 bits per heavy atom. The number of rotatable bonds is 4. The Bertz CT molecular complexity index is 604. The molecule has 2 rings (SSSR count). The zero-order valence-corrected chi connectivity index (χ0v) is 12.0. The molecule has 6 nitrogen and oxygen atoms in total. The molecule has 0 saturated carbocycles. The molecule has 1 fully saturated rings. The Labute approximate surface area is 120 Å². The van der Waals surface area contributed by atoms with E-state index >= 15 is 0 Å². The van der Waals surface area contributed by atoms with Gasteiger partial charge in [0.25, 0.3) is 0 Å². The second-order valence-electron chi connectivity index (χ2n) is 3.84. The molecule has 0 aliphatic carbocycles. The normalized spacial score (nSPS) is 16.6. The zero-order chi connectivity index (χ0) is 15.0. The Morgan fingerprint density at radius 2 is 2.05 bits per heavy atom. The van der Waals surface area contributed by atoms with E-state index in [2.05, 4.69) is 30.4 Å². The zero-order valence-electron chi connectivity index (χ0n) is 9.65. The fourth-order valence-corrected chi connectivity index (χ4v) is 2.10. The van der Waals surface area contributed by atoms with Crippen molar-refractivity contribution in [3.8, 4) is 11.5 Å². The minimum atomic E-state index is -5.75. The topological polar surface area (TPSA) is 77.5 Å². The lowest BCUT2D eigenvalue weighted by molar-refractivity contribution is -0.0500. The molecule has 0 bridgehead atoms. The van der Waals surface area contributed by atoms with Crippen LogP contribution in [0.25, 0.3) is 0 Å². The van der Waals surface area contributed by atoms with E-state index in [-0.39, 0.29) is 16.5 Å². The highest BCUT2D eigenvalue weighted by Crippen LogP contribution is 2.33. The number of pyridine rings is 1. The first-order chi connectivity index (χ1) is 9.19. The van der Waals surface area contributed by atoms with Crippen LogP contribution >= 0.6 is 15.9 Å². The Morgan fingerprint density at radius 3 is 2.55 bits per heavy atom.